The Balaban J connectivity index is 1.91. The molecular formula is C27H24ClN3O5S. The van der Waals surface area contributed by atoms with E-state index in [9.17, 15) is 9.59 Å². The molecule has 3 aromatic rings. The number of fused-ring (bicyclic) bond motifs is 1. The van der Waals surface area contributed by atoms with Crippen molar-refractivity contribution in [2.75, 3.05) is 19.8 Å². The van der Waals surface area contributed by atoms with Gasteiger partial charge in [-0.15, -0.1) is 0 Å². The number of ether oxygens (including phenoxy) is 3. The van der Waals surface area contributed by atoms with Crippen LogP contribution in [0.25, 0.3) is 6.08 Å². The second kappa shape index (κ2) is 11.5. The van der Waals surface area contributed by atoms with Gasteiger partial charge >= 0.3 is 5.97 Å². The lowest BCUT2D eigenvalue weighted by Gasteiger charge is -2.24. The number of carbonyl (C=O) groups is 1. The summed E-state index contributed by atoms with van der Waals surface area (Å²) in [5, 5.41) is 9.36. The van der Waals surface area contributed by atoms with Crippen LogP contribution in [0.4, 0.5) is 0 Å². The molecule has 0 radical (unpaired) electrons. The average molecular weight is 538 g/mol. The highest BCUT2D eigenvalue weighted by Crippen LogP contribution is 2.32. The SMILES string of the molecule is CCOC(=O)C1=C(C)N=c2s/c(=C\c3cc(Cl)ccc3OCC#N)c(=O)n2[C@@H]1c1ccc(OCC)cc1. The first-order chi connectivity index (χ1) is 17.9. The fourth-order valence-corrected chi connectivity index (χ4v) is 5.25. The highest BCUT2D eigenvalue weighted by molar-refractivity contribution is 7.07. The van der Waals surface area contributed by atoms with E-state index in [1.807, 2.05) is 25.1 Å². The molecule has 8 nitrogen and oxygen atoms in total. The second-order valence-corrected chi connectivity index (χ2v) is 9.38. The normalized spacial score (nSPS) is 15.0. The number of hydrogen-bond acceptors (Lipinski definition) is 8. The number of nitriles is 1. The van der Waals surface area contributed by atoms with Crippen molar-refractivity contribution in [1.82, 2.24) is 4.57 Å². The second-order valence-electron chi connectivity index (χ2n) is 7.93. The molecule has 1 atom stereocenters. The van der Waals surface area contributed by atoms with Crippen LogP contribution < -0.4 is 24.4 Å². The summed E-state index contributed by atoms with van der Waals surface area (Å²) in [6.07, 6.45) is 1.65. The van der Waals surface area contributed by atoms with Crippen molar-refractivity contribution < 1.29 is 19.0 Å². The van der Waals surface area contributed by atoms with Crippen LogP contribution in [0, 0.1) is 11.3 Å². The molecule has 2 heterocycles. The van der Waals surface area contributed by atoms with Crippen LogP contribution in [-0.4, -0.2) is 30.4 Å². The van der Waals surface area contributed by atoms with Crippen molar-refractivity contribution in [3.05, 3.63) is 89.6 Å². The number of halogens is 1. The van der Waals surface area contributed by atoms with Crippen molar-refractivity contribution in [2.24, 2.45) is 4.99 Å². The van der Waals surface area contributed by atoms with Crippen LogP contribution in [0.1, 0.15) is 37.9 Å². The molecule has 0 fully saturated rings. The number of nitrogens with zero attached hydrogens (tertiary/aromatic N) is 3. The van der Waals surface area contributed by atoms with E-state index >= 15 is 0 Å². The van der Waals surface area contributed by atoms with Crippen LogP contribution in [0.3, 0.4) is 0 Å². The monoisotopic (exact) mass is 537 g/mol. The molecule has 37 heavy (non-hydrogen) atoms. The Morgan fingerprint density at radius 3 is 2.62 bits per heavy atom. The number of allylic oxidation sites excluding steroid dienone is 1. The number of benzene rings is 2. The van der Waals surface area contributed by atoms with Crippen molar-refractivity contribution in [3.63, 3.8) is 0 Å². The van der Waals surface area contributed by atoms with E-state index < -0.39 is 12.0 Å². The number of aromatic nitrogens is 1. The largest absolute Gasteiger partial charge is 0.494 e. The molecule has 1 aliphatic rings. The zero-order valence-corrected chi connectivity index (χ0v) is 22.1. The van der Waals surface area contributed by atoms with Gasteiger partial charge in [0.2, 0.25) is 0 Å². The highest BCUT2D eigenvalue weighted by atomic mass is 35.5. The zero-order chi connectivity index (χ0) is 26.5. The molecule has 1 aliphatic heterocycles. The lowest BCUT2D eigenvalue weighted by molar-refractivity contribution is -0.139. The molecule has 4 rings (SSSR count). The standard InChI is InChI=1S/C27H24ClN3O5S/c1-4-34-20-9-6-17(7-10-20)24-23(26(33)35-5-2)16(3)30-27-31(24)25(32)22(37-27)15-18-14-19(28)8-11-21(18)36-13-12-29/h6-11,14-15,24H,4-5,13H2,1-3H3/b22-15-/t24-/m1/s1. The van der Waals surface area contributed by atoms with Gasteiger partial charge in [-0.2, -0.15) is 5.26 Å². The Hall–Kier alpha value is -3.87. The molecule has 0 bridgehead atoms. The Morgan fingerprint density at radius 2 is 1.95 bits per heavy atom. The Kier molecular flexibility index (Phi) is 8.11. The van der Waals surface area contributed by atoms with Gasteiger partial charge in [-0.25, -0.2) is 9.79 Å². The summed E-state index contributed by atoms with van der Waals surface area (Å²) in [4.78, 5) is 31.8. The van der Waals surface area contributed by atoms with Crippen molar-refractivity contribution in [1.29, 1.82) is 5.26 Å². The molecule has 0 spiro atoms. The fraction of sp³-hybridized carbons (Fsp3) is 0.259. The van der Waals surface area contributed by atoms with E-state index in [1.54, 1.807) is 50.3 Å². The smallest absolute Gasteiger partial charge is 0.338 e. The summed E-state index contributed by atoms with van der Waals surface area (Å²) >= 11 is 7.38. The summed E-state index contributed by atoms with van der Waals surface area (Å²) in [7, 11) is 0. The topological polar surface area (TPSA) is 103 Å². The molecule has 0 aliphatic carbocycles. The average Bonchev–Trinajstić information content (AvgIpc) is 3.18. The van der Waals surface area contributed by atoms with Crippen molar-refractivity contribution >= 4 is 35.0 Å². The van der Waals surface area contributed by atoms with E-state index in [2.05, 4.69) is 4.99 Å². The summed E-state index contributed by atoms with van der Waals surface area (Å²) in [6, 6.07) is 13.4. The van der Waals surface area contributed by atoms with Crippen molar-refractivity contribution in [3.8, 4) is 17.6 Å². The maximum atomic E-state index is 13.8. The van der Waals surface area contributed by atoms with Gasteiger partial charge in [0.25, 0.3) is 5.56 Å². The Labute approximate surface area is 222 Å². The number of carbonyl (C=O) groups excluding carboxylic acids is 1. The molecule has 1 aromatic heterocycles. The lowest BCUT2D eigenvalue weighted by Crippen LogP contribution is -2.39. The van der Waals surface area contributed by atoms with E-state index in [4.69, 9.17) is 31.1 Å². The summed E-state index contributed by atoms with van der Waals surface area (Å²) in [5.74, 6) is 0.574. The van der Waals surface area contributed by atoms with Gasteiger partial charge in [-0.1, -0.05) is 35.1 Å². The van der Waals surface area contributed by atoms with Crippen LogP contribution >= 0.6 is 22.9 Å². The molecule has 0 saturated carbocycles. The first-order valence-corrected chi connectivity index (χ1v) is 12.8. The number of rotatable bonds is 8. The van der Waals surface area contributed by atoms with Gasteiger partial charge < -0.3 is 14.2 Å². The molecule has 2 aromatic carbocycles. The summed E-state index contributed by atoms with van der Waals surface area (Å²) in [5.41, 5.74) is 1.71. The molecule has 0 N–H and O–H groups in total. The van der Waals surface area contributed by atoms with Crippen LogP contribution in [-0.2, 0) is 9.53 Å². The number of esters is 1. The third-order valence-corrected chi connectivity index (χ3v) is 6.79. The summed E-state index contributed by atoms with van der Waals surface area (Å²) < 4.78 is 18.3. The minimum absolute atomic E-state index is 0.149. The first kappa shape index (κ1) is 26.2. The fourth-order valence-electron chi connectivity index (χ4n) is 4.03. The predicted octanol–water partition coefficient (Wildman–Crippen LogP) is 3.75. The molecule has 10 heteroatoms. The lowest BCUT2D eigenvalue weighted by atomic mass is 9.96. The highest BCUT2D eigenvalue weighted by Gasteiger charge is 2.33. The zero-order valence-electron chi connectivity index (χ0n) is 20.5. The Bertz CT molecular complexity index is 1580. The molecule has 190 valence electrons. The van der Waals surface area contributed by atoms with Gasteiger partial charge in [-0.05, 0) is 62.7 Å². The predicted molar refractivity (Wildman–Crippen MR) is 141 cm³/mol. The quantitative estimate of drug-likeness (QED) is 0.405. The molecular weight excluding hydrogens is 514 g/mol. The van der Waals surface area contributed by atoms with Crippen LogP contribution in [0.2, 0.25) is 5.02 Å². The van der Waals surface area contributed by atoms with Gasteiger partial charge in [0.15, 0.2) is 11.4 Å². The number of thiazole rings is 1. The van der Waals surface area contributed by atoms with E-state index in [-0.39, 0.29) is 18.8 Å². The molecule has 0 saturated heterocycles. The number of hydrogen-bond donors (Lipinski definition) is 0. The van der Waals surface area contributed by atoms with Crippen LogP contribution in [0.15, 0.2) is 63.5 Å². The minimum atomic E-state index is -0.734. The minimum Gasteiger partial charge on any atom is -0.494 e. The first-order valence-electron chi connectivity index (χ1n) is 11.6. The maximum absolute atomic E-state index is 13.8. The van der Waals surface area contributed by atoms with Gasteiger partial charge in [-0.3, -0.25) is 9.36 Å². The summed E-state index contributed by atoms with van der Waals surface area (Å²) in [6.45, 7) is 5.92. The third-order valence-electron chi connectivity index (χ3n) is 5.57. The van der Waals surface area contributed by atoms with Gasteiger partial charge in [0.05, 0.1) is 35.1 Å². The van der Waals surface area contributed by atoms with E-state index in [0.717, 1.165) is 0 Å². The molecule has 0 amide bonds. The van der Waals surface area contributed by atoms with Crippen molar-refractivity contribution in [2.45, 2.75) is 26.8 Å². The van der Waals surface area contributed by atoms with Crippen LogP contribution in [0.5, 0.6) is 11.5 Å². The van der Waals surface area contributed by atoms with E-state index in [0.29, 0.717) is 54.9 Å². The van der Waals surface area contributed by atoms with Gasteiger partial charge in [0.1, 0.15) is 17.6 Å². The molecule has 0 unspecified atom stereocenters. The van der Waals surface area contributed by atoms with E-state index in [1.165, 1.54) is 15.9 Å². The third kappa shape index (κ3) is 5.45. The maximum Gasteiger partial charge on any atom is 0.338 e. The van der Waals surface area contributed by atoms with Gasteiger partial charge in [0, 0.05) is 10.6 Å². The Morgan fingerprint density at radius 1 is 1.19 bits per heavy atom.